The average molecular weight is 447 g/mol. The third-order valence-corrected chi connectivity index (χ3v) is 8.00. The van der Waals surface area contributed by atoms with E-state index in [1.54, 1.807) is 31.2 Å². The van der Waals surface area contributed by atoms with Gasteiger partial charge in [0.15, 0.2) is 0 Å². The van der Waals surface area contributed by atoms with Gasteiger partial charge < -0.3 is 5.32 Å². The van der Waals surface area contributed by atoms with Gasteiger partial charge in [-0.3, -0.25) is 4.79 Å². The minimum absolute atomic E-state index is 0.120. The predicted octanol–water partition coefficient (Wildman–Crippen LogP) is 3.76. The normalized spacial score (nSPS) is 17.2. The monoisotopic (exact) mass is 446 g/mol. The van der Waals surface area contributed by atoms with Crippen LogP contribution in [-0.2, 0) is 10.0 Å². The SMILES string of the molecule is Cc1ccccc1S(=O)(=O)N1CCC[C@H]1c1nnc(C(=O)Nc2ccc(F)cc2)s1. The summed E-state index contributed by atoms with van der Waals surface area (Å²) in [5.41, 5.74) is 1.11. The molecule has 156 valence electrons. The van der Waals surface area contributed by atoms with Crippen molar-refractivity contribution in [3.8, 4) is 0 Å². The van der Waals surface area contributed by atoms with Crippen molar-refractivity contribution in [2.45, 2.75) is 30.7 Å². The van der Waals surface area contributed by atoms with Crippen LogP contribution in [0.1, 0.15) is 39.3 Å². The maximum Gasteiger partial charge on any atom is 0.286 e. The maximum atomic E-state index is 13.2. The molecular weight excluding hydrogens is 427 g/mol. The molecule has 0 aliphatic carbocycles. The number of hydrogen-bond donors (Lipinski definition) is 1. The molecule has 1 saturated heterocycles. The number of aryl methyl sites for hydroxylation is 1. The lowest BCUT2D eigenvalue weighted by molar-refractivity contribution is 0.102. The standard InChI is InChI=1S/C20H19FN4O3S2/c1-13-5-2-3-7-17(13)30(27,28)25-12-4-6-16(25)19-23-24-20(29-19)18(26)22-15-10-8-14(21)9-11-15/h2-3,5,7-11,16H,4,6,12H2,1H3,(H,22,26)/t16-/m0/s1. The third-order valence-electron chi connectivity index (χ3n) is 4.91. The fourth-order valence-electron chi connectivity index (χ4n) is 3.43. The number of rotatable bonds is 5. The van der Waals surface area contributed by atoms with Crippen LogP contribution >= 0.6 is 11.3 Å². The molecule has 1 aromatic heterocycles. The first-order valence-corrected chi connectivity index (χ1v) is 11.6. The molecule has 1 atom stereocenters. The molecule has 4 rings (SSSR count). The maximum absolute atomic E-state index is 13.2. The number of amides is 1. The molecule has 0 unspecified atom stereocenters. The summed E-state index contributed by atoms with van der Waals surface area (Å²) in [7, 11) is -3.69. The highest BCUT2D eigenvalue weighted by atomic mass is 32.2. The molecular formula is C20H19FN4O3S2. The van der Waals surface area contributed by atoms with Gasteiger partial charge in [-0.05, 0) is 55.7 Å². The van der Waals surface area contributed by atoms with Gasteiger partial charge in [-0.1, -0.05) is 29.5 Å². The van der Waals surface area contributed by atoms with Crippen molar-refractivity contribution in [3.63, 3.8) is 0 Å². The van der Waals surface area contributed by atoms with Gasteiger partial charge in [0.2, 0.25) is 15.0 Å². The van der Waals surface area contributed by atoms with Crippen LogP contribution in [0, 0.1) is 12.7 Å². The van der Waals surface area contributed by atoms with Gasteiger partial charge in [0.05, 0.1) is 10.9 Å². The Kier molecular flexibility index (Phi) is 5.63. The van der Waals surface area contributed by atoms with Crippen molar-refractivity contribution < 1.29 is 17.6 Å². The molecule has 0 saturated carbocycles. The summed E-state index contributed by atoms with van der Waals surface area (Å²) in [6.07, 6.45) is 1.31. The minimum atomic E-state index is -3.69. The van der Waals surface area contributed by atoms with Crippen molar-refractivity contribution in [2.75, 3.05) is 11.9 Å². The number of aromatic nitrogens is 2. The molecule has 2 aromatic carbocycles. The van der Waals surface area contributed by atoms with Gasteiger partial charge in [-0.25, -0.2) is 12.8 Å². The zero-order chi connectivity index (χ0) is 21.3. The number of nitrogens with zero attached hydrogens (tertiary/aromatic N) is 3. The molecule has 1 amide bonds. The molecule has 10 heteroatoms. The topological polar surface area (TPSA) is 92.3 Å². The van der Waals surface area contributed by atoms with E-state index in [0.717, 1.165) is 11.3 Å². The molecule has 3 aromatic rings. The van der Waals surface area contributed by atoms with E-state index in [0.29, 0.717) is 35.6 Å². The number of carbonyl (C=O) groups excluding carboxylic acids is 1. The zero-order valence-electron chi connectivity index (χ0n) is 16.1. The van der Waals surface area contributed by atoms with Crippen LogP contribution in [0.5, 0.6) is 0 Å². The first kappa shape index (κ1) is 20.6. The Bertz CT molecular complexity index is 1180. The summed E-state index contributed by atoms with van der Waals surface area (Å²) in [6.45, 7) is 2.15. The van der Waals surface area contributed by atoms with Crippen molar-refractivity contribution in [2.24, 2.45) is 0 Å². The van der Waals surface area contributed by atoms with E-state index in [-0.39, 0.29) is 9.90 Å². The summed E-state index contributed by atoms with van der Waals surface area (Å²) < 4.78 is 40.9. The van der Waals surface area contributed by atoms with E-state index in [1.165, 1.54) is 28.6 Å². The molecule has 2 heterocycles. The number of nitrogens with one attached hydrogen (secondary N) is 1. The van der Waals surface area contributed by atoms with Crippen LogP contribution in [0.15, 0.2) is 53.4 Å². The molecule has 0 radical (unpaired) electrons. The molecule has 7 nitrogen and oxygen atoms in total. The number of carbonyl (C=O) groups is 1. The van der Waals surface area contributed by atoms with Crippen LogP contribution in [0.3, 0.4) is 0 Å². The van der Waals surface area contributed by atoms with E-state index < -0.39 is 27.8 Å². The van der Waals surface area contributed by atoms with Crippen molar-refractivity contribution in [1.82, 2.24) is 14.5 Å². The second-order valence-electron chi connectivity index (χ2n) is 6.95. The first-order chi connectivity index (χ1) is 14.4. The molecule has 30 heavy (non-hydrogen) atoms. The van der Waals surface area contributed by atoms with Crippen LogP contribution in [-0.4, -0.2) is 35.4 Å². The third kappa shape index (κ3) is 3.98. The second-order valence-corrected chi connectivity index (χ2v) is 9.81. The number of benzene rings is 2. The van der Waals surface area contributed by atoms with Crippen LogP contribution in [0.2, 0.25) is 0 Å². The smallest absolute Gasteiger partial charge is 0.286 e. The molecule has 1 aliphatic heterocycles. The highest BCUT2D eigenvalue weighted by molar-refractivity contribution is 7.89. The fraction of sp³-hybridized carbons (Fsp3) is 0.250. The second kappa shape index (κ2) is 8.21. The number of hydrogen-bond acceptors (Lipinski definition) is 6. The summed E-state index contributed by atoms with van der Waals surface area (Å²) in [4.78, 5) is 12.7. The van der Waals surface area contributed by atoms with Crippen LogP contribution < -0.4 is 5.32 Å². The minimum Gasteiger partial charge on any atom is -0.320 e. The van der Waals surface area contributed by atoms with E-state index in [9.17, 15) is 17.6 Å². The zero-order valence-corrected chi connectivity index (χ0v) is 17.7. The van der Waals surface area contributed by atoms with E-state index in [4.69, 9.17) is 0 Å². The molecule has 1 aliphatic rings. The van der Waals surface area contributed by atoms with Gasteiger partial charge in [0.25, 0.3) is 5.91 Å². The lowest BCUT2D eigenvalue weighted by Gasteiger charge is -2.23. The summed E-state index contributed by atoms with van der Waals surface area (Å²) >= 11 is 1.07. The fourth-order valence-corrected chi connectivity index (χ4v) is 6.27. The average Bonchev–Trinajstić information content (AvgIpc) is 3.39. The molecule has 0 spiro atoms. The first-order valence-electron chi connectivity index (χ1n) is 9.34. The van der Waals surface area contributed by atoms with Crippen LogP contribution in [0.25, 0.3) is 0 Å². The molecule has 1 N–H and O–H groups in total. The molecule has 1 fully saturated rings. The van der Waals surface area contributed by atoms with Crippen molar-refractivity contribution in [3.05, 3.63) is 69.9 Å². The molecule has 0 bridgehead atoms. The Morgan fingerprint density at radius 1 is 1.17 bits per heavy atom. The van der Waals surface area contributed by atoms with E-state index >= 15 is 0 Å². The number of anilines is 1. The Morgan fingerprint density at radius 3 is 2.63 bits per heavy atom. The highest BCUT2D eigenvalue weighted by Gasteiger charge is 2.39. The Hall–Kier alpha value is -2.69. The lowest BCUT2D eigenvalue weighted by Crippen LogP contribution is -2.31. The van der Waals surface area contributed by atoms with Crippen molar-refractivity contribution in [1.29, 1.82) is 0 Å². The summed E-state index contributed by atoms with van der Waals surface area (Å²) in [5.74, 6) is -0.876. The Labute approximate surface area is 177 Å². The van der Waals surface area contributed by atoms with E-state index in [1.807, 2.05) is 0 Å². The van der Waals surface area contributed by atoms with Gasteiger partial charge >= 0.3 is 0 Å². The van der Waals surface area contributed by atoms with Gasteiger partial charge in [0.1, 0.15) is 10.8 Å². The number of sulfonamides is 1. The Morgan fingerprint density at radius 2 is 1.90 bits per heavy atom. The number of halogens is 1. The largest absolute Gasteiger partial charge is 0.320 e. The van der Waals surface area contributed by atoms with Gasteiger partial charge in [-0.2, -0.15) is 4.31 Å². The van der Waals surface area contributed by atoms with Gasteiger partial charge in [0, 0.05) is 12.2 Å². The summed E-state index contributed by atoms with van der Waals surface area (Å²) in [6, 6.07) is 11.8. The lowest BCUT2D eigenvalue weighted by atomic mass is 10.2. The Balaban J connectivity index is 1.55. The predicted molar refractivity (Wildman–Crippen MR) is 111 cm³/mol. The van der Waals surface area contributed by atoms with Crippen molar-refractivity contribution >= 4 is 33.0 Å². The quantitative estimate of drug-likeness (QED) is 0.644. The van der Waals surface area contributed by atoms with E-state index in [2.05, 4.69) is 15.5 Å². The highest BCUT2D eigenvalue weighted by Crippen LogP contribution is 2.38. The van der Waals surface area contributed by atoms with Gasteiger partial charge in [-0.15, -0.1) is 10.2 Å². The summed E-state index contributed by atoms with van der Waals surface area (Å²) in [5, 5.41) is 11.3. The van der Waals surface area contributed by atoms with Crippen LogP contribution in [0.4, 0.5) is 10.1 Å².